The number of likely N-dealkylation sites (N-methyl/N-ethyl adjacent to an activating group) is 1. The fraction of sp³-hybridized carbons (Fsp3) is 0.929. The summed E-state index contributed by atoms with van der Waals surface area (Å²) in [5.41, 5.74) is 5.62. The molecule has 2 N–H and O–H groups in total. The second kappa shape index (κ2) is 5.57. The summed E-state index contributed by atoms with van der Waals surface area (Å²) in [6, 6.07) is 0.460. The minimum absolute atomic E-state index is 0.101. The Bertz CT molecular complexity index is 294. The predicted molar refractivity (Wildman–Crippen MR) is 71.2 cm³/mol. The Morgan fingerprint density at radius 3 is 2.44 bits per heavy atom. The van der Waals surface area contributed by atoms with E-state index in [2.05, 4.69) is 6.92 Å². The summed E-state index contributed by atoms with van der Waals surface area (Å²) in [6.45, 7) is 2.99. The van der Waals surface area contributed by atoms with E-state index in [1.807, 2.05) is 11.9 Å². The third kappa shape index (κ3) is 3.23. The standard InChI is InChI=1S/C14H26N2O2/c1-11-5-7-14(10-15,8-6-11)18-9-13(17)16(2)12-3-4-12/h11-12H,3-10,15H2,1-2H3. The summed E-state index contributed by atoms with van der Waals surface area (Å²) in [4.78, 5) is 13.8. The van der Waals surface area contributed by atoms with E-state index < -0.39 is 0 Å². The summed E-state index contributed by atoms with van der Waals surface area (Å²) in [5.74, 6) is 0.863. The van der Waals surface area contributed by atoms with Crippen LogP contribution >= 0.6 is 0 Å². The van der Waals surface area contributed by atoms with Gasteiger partial charge in [-0.05, 0) is 44.4 Å². The molecule has 2 fully saturated rings. The highest BCUT2D eigenvalue weighted by molar-refractivity contribution is 5.77. The van der Waals surface area contributed by atoms with E-state index in [9.17, 15) is 4.79 Å². The van der Waals surface area contributed by atoms with Gasteiger partial charge < -0.3 is 15.4 Å². The first-order valence-corrected chi connectivity index (χ1v) is 7.16. The van der Waals surface area contributed by atoms with Crippen molar-refractivity contribution in [2.45, 2.75) is 57.1 Å². The molecule has 0 spiro atoms. The van der Waals surface area contributed by atoms with E-state index in [0.717, 1.165) is 44.4 Å². The minimum Gasteiger partial charge on any atom is -0.364 e. The van der Waals surface area contributed by atoms with Gasteiger partial charge >= 0.3 is 0 Å². The first-order valence-electron chi connectivity index (χ1n) is 7.16. The Balaban J connectivity index is 1.81. The van der Waals surface area contributed by atoms with E-state index in [1.165, 1.54) is 0 Å². The summed E-state index contributed by atoms with van der Waals surface area (Å²) in [7, 11) is 1.88. The van der Waals surface area contributed by atoms with Crippen LogP contribution in [-0.2, 0) is 9.53 Å². The molecule has 4 heteroatoms. The quantitative estimate of drug-likeness (QED) is 0.809. The molecule has 4 nitrogen and oxygen atoms in total. The summed E-state index contributed by atoms with van der Waals surface area (Å²) in [6.07, 6.45) is 6.58. The van der Waals surface area contributed by atoms with Gasteiger partial charge in [-0.1, -0.05) is 6.92 Å². The second-order valence-corrected chi connectivity index (χ2v) is 6.09. The Morgan fingerprint density at radius 1 is 1.33 bits per heavy atom. The molecule has 0 unspecified atom stereocenters. The molecule has 104 valence electrons. The predicted octanol–water partition coefficient (Wildman–Crippen LogP) is 1.53. The molecule has 2 aliphatic carbocycles. The Kier molecular flexibility index (Phi) is 4.28. The normalized spacial score (nSPS) is 32.3. The maximum Gasteiger partial charge on any atom is 0.248 e. The van der Waals surface area contributed by atoms with Gasteiger partial charge in [-0.2, -0.15) is 0 Å². The van der Waals surface area contributed by atoms with Crippen LogP contribution in [0.4, 0.5) is 0 Å². The van der Waals surface area contributed by atoms with Gasteiger partial charge in [0.15, 0.2) is 0 Å². The number of nitrogens with zero attached hydrogens (tertiary/aromatic N) is 1. The van der Waals surface area contributed by atoms with Crippen molar-refractivity contribution in [3.05, 3.63) is 0 Å². The molecule has 2 aliphatic rings. The van der Waals surface area contributed by atoms with Crippen molar-refractivity contribution < 1.29 is 9.53 Å². The van der Waals surface area contributed by atoms with Crippen LogP contribution in [0.2, 0.25) is 0 Å². The number of rotatable bonds is 5. The number of amides is 1. The highest BCUT2D eigenvalue weighted by Gasteiger charge is 2.36. The van der Waals surface area contributed by atoms with E-state index in [4.69, 9.17) is 10.5 Å². The first kappa shape index (κ1) is 13.8. The summed E-state index contributed by atoms with van der Waals surface area (Å²) >= 11 is 0. The van der Waals surface area contributed by atoms with Gasteiger partial charge in [-0.25, -0.2) is 0 Å². The molecule has 0 saturated heterocycles. The molecule has 1 amide bonds. The van der Waals surface area contributed by atoms with Crippen LogP contribution < -0.4 is 5.73 Å². The highest BCUT2D eigenvalue weighted by atomic mass is 16.5. The molecule has 0 radical (unpaired) electrons. The number of nitrogens with two attached hydrogens (primary N) is 1. The molecular weight excluding hydrogens is 228 g/mol. The van der Waals surface area contributed by atoms with Gasteiger partial charge in [-0.15, -0.1) is 0 Å². The summed E-state index contributed by atoms with van der Waals surface area (Å²) < 4.78 is 5.91. The lowest BCUT2D eigenvalue weighted by Gasteiger charge is -2.38. The minimum atomic E-state index is -0.243. The molecule has 2 saturated carbocycles. The third-order valence-electron chi connectivity index (χ3n) is 4.55. The maximum atomic E-state index is 11.9. The molecule has 0 heterocycles. The van der Waals surface area contributed by atoms with Crippen molar-refractivity contribution in [1.29, 1.82) is 0 Å². The topological polar surface area (TPSA) is 55.6 Å². The molecule has 2 rings (SSSR count). The third-order valence-corrected chi connectivity index (χ3v) is 4.55. The van der Waals surface area contributed by atoms with Gasteiger partial charge in [0.25, 0.3) is 0 Å². The molecule has 0 aliphatic heterocycles. The van der Waals surface area contributed by atoms with E-state index in [-0.39, 0.29) is 18.1 Å². The fourth-order valence-corrected chi connectivity index (χ4v) is 2.68. The van der Waals surface area contributed by atoms with Crippen molar-refractivity contribution in [2.75, 3.05) is 20.2 Å². The van der Waals surface area contributed by atoms with Crippen molar-refractivity contribution in [3.8, 4) is 0 Å². The van der Waals surface area contributed by atoms with Crippen LogP contribution in [0.1, 0.15) is 45.4 Å². The van der Waals surface area contributed by atoms with E-state index in [1.54, 1.807) is 0 Å². The van der Waals surface area contributed by atoms with Crippen LogP contribution in [0.5, 0.6) is 0 Å². The fourth-order valence-electron chi connectivity index (χ4n) is 2.68. The van der Waals surface area contributed by atoms with Crippen LogP contribution in [0.3, 0.4) is 0 Å². The number of hydrogen-bond donors (Lipinski definition) is 1. The van der Waals surface area contributed by atoms with Gasteiger partial charge in [0.1, 0.15) is 6.61 Å². The molecule has 0 atom stereocenters. The van der Waals surface area contributed by atoms with Gasteiger partial charge in [0.2, 0.25) is 5.91 Å². The van der Waals surface area contributed by atoms with E-state index in [0.29, 0.717) is 12.6 Å². The zero-order valence-corrected chi connectivity index (χ0v) is 11.7. The molecule has 0 aromatic rings. The zero-order chi connectivity index (χ0) is 13.2. The smallest absolute Gasteiger partial charge is 0.248 e. The lowest BCUT2D eigenvalue weighted by atomic mass is 9.79. The highest BCUT2D eigenvalue weighted by Crippen LogP contribution is 2.34. The van der Waals surface area contributed by atoms with Crippen molar-refractivity contribution in [2.24, 2.45) is 11.7 Å². The zero-order valence-electron chi connectivity index (χ0n) is 11.7. The van der Waals surface area contributed by atoms with Crippen molar-refractivity contribution >= 4 is 5.91 Å². The van der Waals surface area contributed by atoms with Gasteiger partial charge in [0.05, 0.1) is 5.60 Å². The Hall–Kier alpha value is -0.610. The van der Waals surface area contributed by atoms with Gasteiger partial charge in [-0.3, -0.25) is 4.79 Å². The molecule has 0 aromatic carbocycles. The molecular formula is C14H26N2O2. The van der Waals surface area contributed by atoms with Gasteiger partial charge in [0, 0.05) is 19.6 Å². The first-order chi connectivity index (χ1) is 8.56. The summed E-state index contributed by atoms with van der Waals surface area (Å²) in [5, 5.41) is 0. The van der Waals surface area contributed by atoms with Crippen LogP contribution in [-0.4, -0.2) is 42.6 Å². The molecule has 0 bridgehead atoms. The van der Waals surface area contributed by atoms with E-state index >= 15 is 0 Å². The van der Waals surface area contributed by atoms with Crippen LogP contribution in [0.25, 0.3) is 0 Å². The lowest BCUT2D eigenvalue weighted by molar-refractivity contribution is -0.145. The van der Waals surface area contributed by atoms with Crippen LogP contribution in [0, 0.1) is 5.92 Å². The molecule has 0 aromatic heterocycles. The average molecular weight is 254 g/mol. The largest absolute Gasteiger partial charge is 0.364 e. The maximum absolute atomic E-state index is 11.9. The lowest BCUT2D eigenvalue weighted by Crippen LogP contribution is -2.46. The Labute approximate surface area is 110 Å². The Morgan fingerprint density at radius 2 is 1.94 bits per heavy atom. The van der Waals surface area contributed by atoms with Crippen molar-refractivity contribution in [3.63, 3.8) is 0 Å². The van der Waals surface area contributed by atoms with Crippen molar-refractivity contribution in [1.82, 2.24) is 4.90 Å². The average Bonchev–Trinajstić information content (AvgIpc) is 3.22. The second-order valence-electron chi connectivity index (χ2n) is 6.09. The molecule has 18 heavy (non-hydrogen) atoms. The monoisotopic (exact) mass is 254 g/mol. The number of carbonyl (C=O) groups is 1. The number of carbonyl (C=O) groups excluding carboxylic acids is 1. The SMILES string of the molecule is CC1CCC(CN)(OCC(=O)N(C)C2CC2)CC1. The number of ether oxygens (including phenoxy) is 1. The number of hydrogen-bond acceptors (Lipinski definition) is 3. The van der Waals surface area contributed by atoms with Crippen LogP contribution in [0.15, 0.2) is 0 Å².